The van der Waals surface area contributed by atoms with Gasteiger partial charge < -0.3 is 15.4 Å². The molecule has 1 aromatic carbocycles. The Kier molecular flexibility index (Phi) is 4.00. The van der Waals surface area contributed by atoms with E-state index in [1.54, 1.807) is 12.4 Å². The molecule has 1 aliphatic heterocycles. The lowest BCUT2D eigenvalue weighted by Gasteiger charge is -2.02. The first-order chi connectivity index (χ1) is 12.3. The molecule has 0 aliphatic carbocycles. The second kappa shape index (κ2) is 6.60. The monoisotopic (exact) mass is 331 g/mol. The average Bonchev–Trinajstić information content (AvgIpc) is 3.20. The minimum absolute atomic E-state index is 0.0412. The standard InChI is InChI=1S/C19H17N5O/c25-18-16(11-14-12-22-17-15(14)7-4-9-20-17)23-19(24-18)21-10-8-13-5-2-1-3-6-13/h1-7,9,11-12,25H,8,10H2,(H2,21,23,24)/b14-11+. The van der Waals surface area contributed by atoms with Crippen LogP contribution in [0.1, 0.15) is 16.8 Å². The molecule has 3 aromatic rings. The first-order valence-electron chi connectivity index (χ1n) is 8.07. The number of aromatic hydroxyl groups is 1. The number of aliphatic imine (C=N–C) groups is 1. The molecule has 4 rings (SSSR count). The van der Waals surface area contributed by atoms with Gasteiger partial charge in [-0.05, 0) is 30.2 Å². The van der Waals surface area contributed by atoms with Crippen LogP contribution in [-0.2, 0) is 6.42 Å². The van der Waals surface area contributed by atoms with Crippen molar-refractivity contribution in [1.29, 1.82) is 0 Å². The fourth-order valence-corrected chi connectivity index (χ4v) is 2.73. The van der Waals surface area contributed by atoms with Crippen LogP contribution in [0.25, 0.3) is 11.6 Å². The highest BCUT2D eigenvalue weighted by Gasteiger charge is 2.14. The maximum absolute atomic E-state index is 10.1. The van der Waals surface area contributed by atoms with Gasteiger partial charge in [-0.25, -0.2) is 9.98 Å². The number of aromatic amines is 1. The van der Waals surface area contributed by atoms with Crippen molar-refractivity contribution in [2.45, 2.75) is 6.42 Å². The van der Waals surface area contributed by atoms with Gasteiger partial charge in [-0.2, -0.15) is 4.98 Å². The smallest absolute Gasteiger partial charge is 0.238 e. The van der Waals surface area contributed by atoms with Crippen molar-refractivity contribution in [2.75, 3.05) is 11.9 Å². The molecule has 0 radical (unpaired) electrons. The number of H-pyrrole nitrogens is 1. The van der Waals surface area contributed by atoms with Gasteiger partial charge >= 0.3 is 0 Å². The molecule has 0 bridgehead atoms. The Morgan fingerprint density at radius 1 is 1.12 bits per heavy atom. The largest absolute Gasteiger partial charge is 0.492 e. The second-order valence-corrected chi connectivity index (χ2v) is 5.72. The molecule has 3 N–H and O–H groups in total. The minimum Gasteiger partial charge on any atom is -0.492 e. The SMILES string of the molecule is Oc1nc(NCCc2ccccc2)[nH]c1/C=C1\C=Nc2ncccc21. The second-order valence-electron chi connectivity index (χ2n) is 5.72. The Hall–Kier alpha value is -3.41. The predicted molar refractivity (Wildman–Crippen MR) is 99.1 cm³/mol. The van der Waals surface area contributed by atoms with Crippen molar-refractivity contribution in [2.24, 2.45) is 4.99 Å². The molecule has 0 unspecified atom stereocenters. The number of allylic oxidation sites excluding steroid dienone is 1. The lowest BCUT2D eigenvalue weighted by Crippen LogP contribution is -2.05. The molecule has 124 valence electrons. The first kappa shape index (κ1) is 15.1. The Morgan fingerprint density at radius 2 is 2.00 bits per heavy atom. The molecular weight excluding hydrogens is 314 g/mol. The van der Waals surface area contributed by atoms with Crippen LogP contribution in [0, 0.1) is 0 Å². The van der Waals surface area contributed by atoms with Crippen LogP contribution in [0.2, 0.25) is 0 Å². The molecule has 1 aliphatic rings. The summed E-state index contributed by atoms with van der Waals surface area (Å²) in [7, 11) is 0. The maximum Gasteiger partial charge on any atom is 0.238 e. The van der Waals surface area contributed by atoms with Crippen molar-refractivity contribution >= 4 is 29.6 Å². The number of fused-ring (bicyclic) bond motifs is 1. The van der Waals surface area contributed by atoms with Gasteiger partial charge in [0.15, 0.2) is 5.82 Å². The highest BCUT2D eigenvalue weighted by Crippen LogP contribution is 2.31. The first-order valence-corrected chi connectivity index (χ1v) is 8.07. The van der Waals surface area contributed by atoms with Gasteiger partial charge in [0.2, 0.25) is 11.8 Å². The Labute approximate surface area is 145 Å². The van der Waals surface area contributed by atoms with Gasteiger partial charge in [-0.3, -0.25) is 0 Å². The van der Waals surface area contributed by atoms with Gasteiger partial charge in [0.05, 0.1) is 0 Å². The topological polar surface area (TPSA) is 86.2 Å². The summed E-state index contributed by atoms with van der Waals surface area (Å²) in [5, 5.41) is 13.3. The van der Waals surface area contributed by atoms with Gasteiger partial charge in [0.25, 0.3) is 0 Å². The molecule has 0 saturated carbocycles. The van der Waals surface area contributed by atoms with E-state index < -0.39 is 0 Å². The molecular formula is C19H17N5O. The number of pyridine rings is 1. The van der Waals surface area contributed by atoms with Crippen LogP contribution in [-0.4, -0.2) is 32.8 Å². The molecule has 25 heavy (non-hydrogen) atoms. The Bertz CT molecular complexity index is 943. The van der Waals surface area contributed by atoms with Gasteiger partial charge in [0, 0.05) is 30.1 Å². The normalized spacial score (nSPS) is 14.0. The number of anilines is 1. The predicted octanol–water partition coefficient (Wildman–Crippen LogP) is 3.42. The molecule has 0 atom stereocenters. The summed E-state index contributed by atoms with van der Waals surface area (Å²) in [6.07, 6.45) is 6.15. The lowest BCUT2D eigenvalue weighted by molar-refractivity contribution is 0.455. The van der Waals surface area contributed by atoms with Crippen LogP contribution >= 0.6 is 0 Å². The highest BCUT2D eigenvalue weighted by molar-refractivity contribution is 6.20. The summed E-state index contributed by atoms with van der Waals surface area (Å²) < 4.78 is 0. The van der Waals surface area contributed by atoms with E-state index in [2.05, 4.69) is 37.4 Å². The van der Waals surface area contributed by atoms with Crippen LogP contribution in [0.5, 0.6) is 5.88 Å². The van der Waals surface area contributed by atoms with Crippen molar-refractivity contribution in [3.05, 3.63) is 65.5 Å². The van der Waals surface area contributed by atoms with E-state index in [0.29, 0.717) is 17.5 Å². The van der Waals surface area contributed by atoms with E-state index in [1.165, 1.54) is 5.56 Å². The molecule has 6 nitrogen and oxygen atoms in total. The van der Waals surface area contributed by atoms with Gasteiger partial charge in [-0.15, -0.1) is 0 Å². The summed E-state index contributed by atoms with van der Waals surface area (Å²) in [6, 6.07) is 14.0. The zero-order valence-corrected chi connectivity index (χ0v) is 13.5. The fourth-order valence-electron chi connectivity index (χ4n) is 2.73. The number of imidazole rings is 1. The number of aromatic nitrogens is 3. The molecule has 0 fully saturated rings. The lowest BCUT2D eigenvalue weighted by atomic mass is 10.1. The highest BCUT2D eigenvalue weighted by atomic mass is 16.3. The van der Waals surface area contributed by atoms with Crippen LogP contribution in [0.3, 0.4) is 0 Å². The number of nitrogens with one attached hydrogen (secondary N) is 2. The Balaban J connectivity index is 1.46. The van der Waals surface area contributed by atoms with Crippen molar-refractivity contribution in [3.63, 3.8) is 0 Å². The van der Waals surface area contributed by atoms with Gasteiger partial charge in [0.1, 0.15) is 5.69 Å². The quantitative estimate of drug-likeness (QED) is 0.668. The van der Waals surface area contributed by atoms with E-state index >= 15 is 0 Å². The number of hydrogen-bond donors (Lipinski definition) is 3. The third-order valence-electron chi connectivity index (χ3n) is 3.98. The zero-order chi connectivity index (χ0) is 17.1. The van der Waals surface area contributed by atoms with Crippen LogP contribution < -0.4 is 5.32 Å². The molecule has 2 aromatic heterocycles. The third kappa shape index (κ3) is 3.28. The molecule has 0 amide bonds. The van der Waals surface area contributed by atoms with Crippen LogP contribution in [0.15, 0.2) is 53.7 Å². The zero-order valence-electron chi connectivity index (χ0n) is 13.5. The summed E-state index contributed by atoms with van der Waals surface area (Å²) in [5.41, 5.74) is 3.62. The van der Waals surface area contributed by atoms with Crippen LogP contribution in [0.4, 0.5) is 11.8 Å². The van der Waals surface area contributed by atoms with Crippen molar-refractivity contribution in [3.8, 4) is 5.88 Å². The van der Waals surface area contributed by atoms with E-state index in [-0.39, 0.29) is 5.88 Å². The summed E-state index contributed by atoms with van der Waals surface area (Å²) in [5.74, 6) is 1.19. The fraction of sp³-hybridized carbons (Fsp3) is 0.105. The van der Waals surface area contributed by atoms with E-state index in [9.17, 15) is 5.11 Å². The van der Waals surface area contributed by atoms with E-state index in [4.69, 9.17) is 0 Å². The molecule has 3 heterocycles. The van der Waals surface area contributed by atoms with Gasteiger partial charge in [-0.1, -0.05) is 30.3 Å². The molecule has 0 spiro atoms. The summed E-state index contributed by atoms with van der Waals surface area (Å²) in [4.78, 5) is 15.7. The number of benzene rings is 1. The molecule has 6 heteroatoms. The third-order valence-corrected chi connectivity index (χ3v) is 3.98. The Morgan fingerprint density at radius 3 is 2.88 bits per heavy atom. The minimum atomic E-state index is -0.0412. The van der Waals surface area contributed by atoms with E-state index in [0.717, 1.165) is 24.1 Å². The maximum atomic E-state index is 10.1. The van der Waals surface area contributed by atoms with Crippen molar-refractivity contribution < 1.29 is 5.11 Å². The summed E-state index contributed by atoms with van der Waals surface area (Å²) in [6.45, 7) is 0.723. The van der Waals surface area contributed by atoms with E-state index in [1.807, 2.05) is 36.4 Å². The number of nitrogens with zero attached hydrogens (tertiary/aromatic N) is 3. The molecule has 0 saturated heterocycles. The van der Waals surface area contributed by atoms with Crippen molar-refractivity contribution in [1.82, 2.24) is 15.0 Å². The number of rotatable bonds is 5. The summed E-state index contributed by atoms with van der Waals surface area (Å²) >= 11 is 0. The number of hydrogen-bond acceptors (Lipinski definition) is 5. The average molecular weight is 331 g/mol.